The van der Waals surface area contributed by atoms with E-state index in [-0.39, 0.29) is 11.7 Å². The Kier molecular flexibility index (Phi) is 4.21. The van der Waals surface area contributed by atoms with Crippen molar-refractivity contribution < 1.29 is 14.6 Å². The molecule has 0 radical (unpaired) electrons. The molecule has 1 saturated heterocycles. The summed E-state index contributed by atoms with van der Waals surface area (Å²) in [5.41, 5.74) is 6.33. The molecule has 3 N–H and O–H groups in total. The summed E-state index contributed by atoms with van der Waals surface area (Å²) >= 11 is 0. The van der Waals surface area contributed by atoms with Gasteiger partial charge in [0, 0.05) is 26.4 Å². The molecule has 0 saturated carbocycles. The fourth-order valence-corrected chi connectivity index (χ4v) is 2.25. The van der Waals surface area contributed by atoms with Crippen LogP contribution in [-0.2, 0) is 4.74 Å². The molecule has 1 aromatic heterocycles. The molecule has 1 aromatic rings. The third-order valence-electron chi connectivity index (χ3n) is 3.26. The second-order valence-corrected chi connectivity index (χ2v) is 4.81. The predicted octanol–water partition coefficient (Wildman–Crippen LogP) is 1.37. The van der Waals surface area contributed by atoms with E-state index < -0.39 is 5.97 Å². The van der Waals surface area contributed by atoms with Crippen LogP contribution in [-0.4, -0.2) is 42.4 Å². The first-order valence-electron chi connectivity index (χ1n) is 6.39. The molecule has 0 spiro atoms. The number of pyridine rings is 1. The van der Waals surface area contributed by atoms with Crippen LogP contribution in [0.4, 0.5) is 11.5 Å². The largest absolute Gasteiger partial charge is 0.478 e. The van der Waals surface area contributed by atoms with E-state index in [0.717, 1.165) is 19.4 Å². The van der Waals surface area contributed by atoms with Gasteiger partial charge in [0.25, 0.3) is 0 Å². The third-order valence-corrected chi connectivity index (χ3v) is 3.26. The van der Waals surface area contributed by atoms with Gasteiger partial charge in [-0.3, -0.25) is 0 Å². The zero-order valence-electron chi connectivity index (χ0n) is 11.0. The summed E-state index contributed by atoms with van der Waals surface area (Å²) in [4.78, 5) is 16.9. The molecular formula is C13H19N3O3. The zero-order valence-corrected chi connectivity index (χ0v) is 11.0. The van der Waals surface area contributed by atoms with Gasteiger partial charge in [0.1, 0.15) is 0 Å². The van der Waals surface area contributed by atoms with Crippen LogP contribution in [0.1, 0.15) is 29.6 Å². The van der Waals surface area contributed by atoms with Gasteiger partial charge in [-0.05, 0) is 25.3 Å². The van der Waals surface area contributed by atoms with E-state index in [1.54, 1.807) is 0 Å². The maximum absolute atomic E-state index is 10.8. The van der Waals surface area contributed by atoms with E-state index >= 15 is 0 Å². The minimum absolute atomic E-state index is 0.101. The van der Waals surface area contributed by atoms with Crippen molar-refractivity contribution in [3.05, 3.63) is 17.8 Å². The van der Waals surface area contributed by atoms with Crippen molar-refractivity contribution in [3.8, 4) is 0 Å². The lowest BCUT2D eigenvalue weighted by molar-refractivity contribution is 0.0215. The highest BCUT2D eigenvalue weighted by atomic mass is 16.5. The molecule has 6 nitrogen and oxygen atoms in total. The maximum atomic E-state index is 10.8. The summed E-state index contributed by atoms with van der Waals surface area (Å²) in [7, 11) is 1.89. The molecule has 104 valence electrons. The highest BCUT2D eigenvalue weighted by molar-refractivity contribution is 5.89. The van der Waals surface area contributed by atoms with E-state index in [2.05, 4.69) is 4.98 Å². The second-order valence-electron chi connectivity index (χ2n) is 4.81. The van der Waals surface area contributed by atoms with E-state index in [9.17, 15) is 4.79 Å². The molecular weight excluding hydrogens is 246 g/mol. The molecule has 1 aliphatic rings. The molecule has 0 aromatic carbocycles. The normalized spacial score (nSPS) is 19.1. The van der Waals surface area contributed by atoms with Crippen molar-refractivity contribution in [1.82, 2.24) is 4.98 Å². The number of hydrogen-bond acceptors (Lipinski definition) is 5. The number of aromatic nitrogens is 1. The van der Waals surface area contributed by atoms with Gasteiger partial charge in [-0.25, -0.2) is 9.78 Å². The predicted molar refractivity (Wildman–Crippen MR) is 72.5 cm³/mol. The van der Waals surface area contributed by atoms with E-state index in [1.807, 2.05) is 11.9 Å². The first kappa shape index (κ1) is 13.6. The number of carbonyl (C=O) groups is 1. The number of anilines is 2. The Balaban J connectivity index is 2.05. The van der Waals surface area contributed by atoms with E-state index in [4.69, 9.17) is 15.6 Å². The number of carboxylic acids is 1. The standard InChI is InChI=1S/C13H19N3O3/c1-16(8-10-4-2-3-5-19-10)12-11(14)6-9(7-15-12)13(17)18/h6-7,10H,2-5,8,14H2,1H3,(H,17,18). The Bertz CT molecular complexity index is 458. The maximum Gasteiger partial charge on any atom is 0.337 e. The van der Waals surface area contributed by atoms with Crippen molar-refractivity contribution in [1.29, 1.82) is 0 Å². The van der Waals surface area contributed by atoms with Gasteiger partial charge in [-0.15, -0.1) is 0 Å². The topological polar surface area (TPSA) is 88.7 Å². The summed E-state index contributed by atoms with van der Waals surface area (Å²) in [5.74, 6) is -0.428. The van der Waals surface area contributed by atoms with Crippen LogP contribution in [0.25, 0.3) is 0 Å². The number of nitrogens with two attached hydrogens (primary N) is 1. The first-order chi connectivity index (χ1) is 9.08. The van der Waals surface area contributed by atoms with Crippen molar-refractivity contribution in [2.45, 2.75) is 25.4 Å². The Morgan fingerprint density at radius 3 is 3.00 bits per heavy atom. The number of carboxylic acid groups (broad SMARTS) is 1. The molecule has 2 rings (SSSR count). The van der Waals surface area contributed by atoms with E-state index in [0.29, 0.717) is 18.1 Å². The summed E-state index contributed by atoms with van der Waals surface area (Å²) in [6.45, 7) is 1.52. The van der Waals surface area contributed by atoms with Crippen LogP contribution in [0.15, 0.2) is 12.3 Å². The SMILES string of the molecule is CN(CC1CCCCO1)c1ncc(C(=O)O)cc1N. The monoisotopic (exact) mass is 265 g/mol. The Labute approximate surface area is 112 Å². The first-order valence-corrected chi connectivity index (χ1v) is 6.39. The zero-order chi connectivity index (χ0) is 13.8. The number of hydrogen-bond donors (Lipinski definition) is 2. The average molecular weight is 265 g/mol. The number of nitrogens with zero attached hydrogens (tertiary/aromatic N) is 2. The molecule has 6 heteroatoms. The van der Waals surface area contributed by atoms with Crippen molar-refractivity contribution in [2.75, 3.05) is 30.8 Å². The lowest BCUT2D eigenvalue weighted by Crippen LogP contribution is -2.34. The van der Waals surface area contributed by atoms with Crippen molar-refractivity contribution >= 4 is 17.5 Å². The summed E-state index contributed by atoms with van der Waals surface area (Å²) in [5, 5.41) is 8.87. The van der Waals surface area contributed by atoms with Gasteiger partial charge in [-0.1, -0.05) is 0 Å². The average Bonchev–Trinajstić information content (AvgIpc) is 2.39. The van der Waals surface area contributed by atoms with E-state index in [1.165, 1.54) is 18.7 Å². The van der Waals surface area contributed by atoms with Crippen molar-refractivity contribution in [3.63, 3.8) is 0 Å². The number of likely N-dealkylation sites (N-methyl/N-ethyl adjacent to an activating group) is 1. The number of rotatable bonds is 4. The van der Waals surface area contributed by atoms with Crippen LogP contribution in [0.3, 0.4) is 0 Å². The lowest BCUT2D eigenvalue weighted by atomic mass is 10.1. The van der Waals surface area contributed by atoms with Crippen LogP contribution in [0.2, 0.25) is 0 Å². The molecule has 1 aliphatic heterocycles. The molecule has 0 amide bonds. The third kappa shape index (κ3) is 3.35. The molecule has 1 unspecified atom stereocenters. The Morgan fingerprint density at radius 2 is 2.42 bits per heavy atom. The second kappa shape index (κ2) is 5.88. The lowest BCUT2D eigenvalue weighted by Gasteiger charge is -2.28. The van der Waals surface area contributed by atoms with Gasteiger partial charge in [0.05, 0.1) is 17.4 Å². The summed E-state index contributed by atoms with van der Waals surface area (Å²) < 4.78 is 5.67. The highest BCUT2D eigenvalue weighted by Crippen LogP contribution is 2.22. The van der Waals surface area contributed by atoms with Gasteiger partial charge in [0.2, 0.25) is 0 Å². The summed E-state index contributed by atoms with van der Waals surface area (Å²) in [6.07, 6.45) is 4.86. The molecule has 0 bridgehead atoms. The Morgan fingerprint density at radius 1 is 1.63 bits per heavy atom. The van der Waals surface area contributed by atoms with Gasteiger partial charge >= 0.3 is 5.97 Å². The van der Waals surface area contributed by atoms with Gasteiger partial charge in [-0.2, -0.15) is 0 Å². The number of nitrogen functional groups attached to an aromatic ring is 1. The molecule has 19 heavy (non-hydrogen) atoms. The van der Waals surface area contributed by atoms with Gasteiger partial charge in [0.15, 0.2) is 5.82 Å². The Hall–Kier alpha value is -1.82. The highest BCUT2D eigenvalue weighted by Gasteiger charge is 2.18. The fourth-order valence-electron chi connectivity index (χ4n) is 2.25. The number of aromatic carboxylic acids is 1. The number of ether oxygens (including phenoxy) is 1. The molecule has 0 aliphatic carbocycles. The van der Waals surface area contributed by atoms with Crippen LogP contribution < -0.4 is 10.6 Å². The molecule has 1 atom stereocenters. The molecule has 2 heterocycles. The van der Waals surface area contributed by atoms with Crippen molar-refractivity contribution in [2.24, 2.45) is 0 Å². The van der Waals surface area contributed by atoms with Crippen LogP contribution in [0, 0.1) is 0 Å². The smallest absolute Gasteiger partial charge is 0.337 e. The van der Waals surface area contributed by atoms with Crippen LogP contribution >= 0.6 is 0 Å². The molecule has 1 fully saturated rings. The van der Waals surface area contributed by atoms with Gasteiger partial charge < -0.3 is 20.5 Å². The van der Waals surface area contributed by atoms with Crippen LogP contribution in [0.5, 0.6) is 0 Å². The minimum Gasteiger partial charge on any atom is -0.478 e. The fraction of sp³-hybridized carbons (Fsp3) is 0.538. The minimum atomic E-state index is -1.02. The quantitative estimate of drug-likeness (QED) is 0.854. The summed E-state index contributed by atoms with van der Waals surface area (Å²) in [6, 6.07) is 1.43.